The molecule has 5 nitrogen and oxygen atoms in total. The van der Waals surface area contributed by atoms with E-state index in [1.165, 1.54) is 0 Å². The van der Waals surface area contributed by atoms with E-state index in [1.807, 2.05) is 37.5 Å². The predicted molar refractivity (Wildman–Crippen MR) is 65.4 cm³/mol. The summed E-state index contributed by atoms with van der Waals surface area (Å²) in [5, 5.41) is 18.2. The zero-order valence-electron chi connectivity index (χ0n) is 10.2. The number of fused-ring (bicyclic) bond motifs is 1. The number of nitrogens with zero attached hydrogens (tertiary/aromatic N) is 3. The van der Waals surface area contributed by atoms with Crippen LogP contribution in [0.1, 0.15) is 17.2 Å². The van der Waals surface area contributed by atoms with Gasteiger partial charge in [-0.2, -0.15) is 0 Å². The summed E-state index contributed by atoms with van der Waals surface area (Å²) in [5.41, 5.74) is 1.88. The van der Waals surface area contributed by atoms with E-state index in [0.29, 0.717) is 13.0 Å². The molecule has 2 unspecified atom stereocenters. The average molecular weight is 245 g/mol. The Kier molecular flexibility index (Phi) is 2.76. The monoisotopic (exact) mass is 245 g/mol. The Morgan fingerprint density at radius 3 is 3.11 bits per heavy atom. The van der Waals surface area contributed by atoms with Crippen molar-refractivity contribution in [2.24, 2.45) is 7.05 Å². The van der Waals surface area contributed by atoms with E-state index in [-0.39, 0.29) is 5.92 Å². The maximum absolute atomic E-state index is 10.3. The summed E-state index contributed by atoms with van der Waals surface area (Å²) in [5.74, 6) is 0.893. The molecule has 0 saturated heterocycles. The van der Waals surface area contributed by atoms with Crippen molar-refractivity contribution in [3.8, 4) is 5.75 Å². The van der Waals surface area contributed by atoms with Crippen LogP contribution in [0.25, 0.3) is 0 Å². The fourth-order valence-electron chi connectivity index (χ4n) is 2.35. The Morgan fingerprint density at radius 2 is 2.33 bits per heavy atom. The van der Waals surface area contributed by atoms with Crippen molar-refractivity contribution in [1.82, 2.24) is 15.0 Å². The van der Waals surface area contributed by atoms with E-state index in [9.17, 15) is 5.11 Å². The highest BCUT2D eigenvalue weighted by Crippen LogP contribution is 2.36. The van der Waals surface area contributed by atoms with Crippen molar-refractivity contribution in [1.29, 1.82) is 0 Å². The number of aromatic nitrogens is 3. The largest absolute Gasteiger partial charge is 0.493 e. The van der Waals surface area contributed by atoms with Crippen LogP contribution < -0.4 is 4.74 Å². The van der Waals surface area contributed by atoms with Crippen LogP contribution >= 0.6 is 0 Å². The minimum absolute atomic E-state index is 0.0169. The summed E-state index contributed by atoms with van der Waals surface area (Å²) >= 11 is 0. The average Bonchev–Trinajstić information content (AvgIpc) is 2.95. The van der Waals surface area contributed by atoms with Crippen molar-refractivity contribution in [2.45, 2.75) is 18.4 Å². The minimum Gasteiger partial charge on any atom is -0.493 e. The molecule has 94 valence electrons. The third kappa shape index (κ3) is 1.97. The van der Waals surface area contributed by atoms with Crippen LogP contribution in [0.2, 0.25) is 0 Å². The van der Waals surface area contributed by atoms with E-state index < -0.39 is 6.10 Å². The van der Waals surface area contributed by atoms with Gasteiger partial charge in [-0.1, -0.05) is 23.4 Å². The number of hydrogen-bond acceptors (Lipinski definition) is 4. The molecule has 2 atom stereocenters. The van der Waals surface area contributed by atoms with Crippen molar-refractivity contribution in [2.75, 3.05) is 6.61 Å². The molecule has 1 N–H and O–H groups in total. The number of benzene rings is 1. The van der Waals surface area contributed by atoms with Gasteiger partial charge in [0, 0.05) is 31.1 Å². The fraction of sp³-hybridized carbons (Fsp3) is 0.385. The van der Waals surface area contributed by atoms with Gasteiger partial charge in [0.25, 0.3) is 0 Å². The Balaban J connectivity index is 1.76. The molecule has 0 saturated carbocycles. The third-order valence-corrected chi connectivity index (χ3v) is 3.27. The van der Waals surface area contributed by atoms with E-state index in [4.69, 9.17) is 4.74 Å². The van der Waals surface area contributed by atoms with Gasteiger partial charge in [-0.05, 0) is 6.07 Å². The number of aliphatic hydroxyl groups is 1. The second-order valence-corrected chi connectivity index (χ2v) is 4.61. The molecule has 1 aromatic carbocycles. The van der Waals surface area contributed by atoms with Gasteiger partial charge in [0.1, 0.15) is 5.75 Å². The Bertz CT molecular complexity index is 553. The number of aliphatic hydroxyl groups excluding tert-OH is 1. The maximum Gasteiger partial charge on any atom is 0.123 e. The number of para-hydroxylation sites is 1. The number of hydrogen-bond donors (Lipinski definition) is 1. The maximum atomic E-state index is 10.3. The molecule has 0 fully saturated rings. The number of aryl methyl sites for hydroxylation is 1. The first-order valence-electron chi connectivity index (χ1n) is 5.99. The van der Waals surface area contributed by atoms with E-state index in [1.54, 1.807) is 4.68 Å². The minimum atomic E-state index is -0.495. The second-order valence-electron chi connectivity index (χ2n) is 4.61. The highest BCUT2D eigenvalue weighted by atomic mass is 16.5. The smallest absolute Gasteiger partial charge is 0.123 e. The van der Waals surface area contributed by atoms with E-state index >= 15 is 0 Å². The van der Waals surface area contributed by atoms with Crippen LogP contribution in [0.5, 0.6) is 5.75 Å². The molecule has 5 heteroatoms. The molecular weight excluding hydrogens is 230 g/mol. The summed E-state index contributed by atoms with van der Waals surface area (Å²) in [7, 11) is 1.82. The molecule has 0 spiro atoms. The lowest BCUT2D eigenvalue weighted by Gasteiger charge is -2.15. The molecule has 1 aromatic heterocycles. The number of ether oxygens (including phenoxy) is 1. The zero-order chi connectivity index (χ0) is 12.5. The predicted octanol–water partition coefficient (Wildman–Crippen LogP) is 0.895. The van der Waals surface area contributed by atoms with Crippen molar-refractivity contribution in [3.63, 3.8) is 0 Å². The summed E-state index contributed by atoms with van der Waals surface area (Å²) in [4.78, 5) is 0. The van der Waals surface area contributed by atoms with Gasteiger partial charge in [0.05, 0.1) is 18.4 Å². The van der Waals surface area contributed by atoms with Gasteiger partial charge in [-0.15, -0.1) is 5.10 Å². The molecule has 0 amide bonds. The summed E-state index contributed by atoms with van der Waals surface area (Å²) < 4.78 is 7.21. The Hall–Kier alpha value is -1.88. The highest BCUT2D eigenvalue weighted by molar-refractivity contribution is 5.40. The molecule has 3 rings (SSSR count). The van der Waals surface area contributed by atoms with Crippen molar-refractivity contribution < 1.29 is 9.84 Å². The van der Waals surface area contributed by atoms with Crippen molar-refractivity contribution >= 4 is 0 Å². The lowest BCUT2D eigenvalue weighted by atomic mass is 9.93. The van der Waals surface area contributed by atoms with Crippen LogP contribution in [0.15, 0.2) is 30.5 Å². The van der Waals surface area contributed by atoms with Gasteiger partial charge in [-0.25, -0.2) is 0 Å². The first-order valence-corrected chi connectivity index (χ1v) is 5.99. The lowest BCUT2D eigenvalue weighted by Crippen LogP contribution is -2.22. The van der Waals surface area contributed by atoms with Crippen LogP contribution in [0.3, 0.4) is 0 Å². The molecule has 0 radical (unpaired) electrons. The molecule has 0 bridgehead atoms. The first kappa shape index (κ1) is 11.2. The Labute approximate surface area is 105 Å². The standard InChI is InChI=1S/C13H15N3O2/c1-16-7-9(14-15-16)6-12(17)11-8-18-13-5-3-2-4-10(11)13/h2-5,7,11-12,17H,6,8H2,1H3. The SMILES string of the molecule is Cn1cc(CC(O)C2COc3ccccc32)nn1. The molecule has 18 heavy (non-hydrogen) atoms. The molecule has 2 heterocycles. The lowest BCUT2D eigenvalue weighted by molar-refractivity contribution is 0.128. The fourth-order valence-corrected chi connectivity index (χ4v) is 2.35. The second kappa shape index (κ2) is 4.42. The van der Waals surface area contributed by atoms with Gasteiger partial charge in [0.2, 0.25) is 0 Å². The van der Waals surface area contributed by atoms with Gasteiger partial charge < -0.3 is 9.84 Å². The van der Waals surface area contributed by atoms with Gasteiger partial charge in [0.15, 0.2) is 0 Å². The van der Waals surface area contributed by atoms with E-state index in [2.05, 4.69) is 10.3 Å². The van der Waals surface area contributed by atoms with Gasteiger partial charge in [-0.3, -0.25) is 4.68 Å². The van der Waals surface area contributed by atoms with Crippen molar-refractivity contribution in [3.05, 3.63) is 41.7 Å². The van der Waals surface area contributed by atoms with E-state index in [0.717, 1.165) is 17.0 Å². The summed E-state index contributed by atoms with van der Waals surface area (Å²) in [6.45, 7) is 0.529. The highest BCUT2D eigenvalue weighted by Gasteiger charge is 2.30. The molecule has 0 aliphatic carbocycles. The molecular formula is C13H15N3O2. The molecule has 1 aliphatic heterocycles. The van der Waals surface area contributed by atoms with Gasteiger partial charge >= 0.3 is 0 Å². The van der Waals surface area contributed by atoms with Crippen LogP contribution in [0, 0.1) is 0 Å². The quantitative estimate of drug-likeness (QED) is 0.872. The summed E-state index contributed by atoms with van der Waals surface area (Å²) in [6.07, 6.45) is 1.83. The summed E-state index contributed by atoms with van der Waals surface area (Å²) in [6, 6.07) is 7.85. The molecule has 1 aliphatic rings. The van der Waals surface area contributed by atoms with Crippen LogP contribution in [-0.2, 0) is 13.5 Å². The van der Waals surface area contributed by atoms with Crippen LogP contribution in [-0.4, -0.2) is 32.8 Å². The molecule has 2 aromatic rings. The topological polar surface area (TPSA) is 60.2 Å². The zero-order valence-corrected chi connectivity index (χ0v) is 10.2. The normalized spacial score (nSPS) is 19.3. The third-order valence-electron chi connectivity index (χ3n) is 3.27. The number of rotatable bonds is 3. The Morgan fingerprint density at radius 1 is 1.50 bits per heavy atom. The van der Waals surface area contributed by atoms with Crippen LogP contribution in [0.4, 0.5) is 0 Å². The first-order chi connectivity index (χ1) is 8.74.